The molecule has 0 aromatic carbocycles. The number of carbonyl (C=O) groups excluding carboxylic acids is 1. The summed E-state index contributed by atoms with van der Waals surface area (Å²) in [5.74, 6) is -1.09. The highest BCUT2D eigenvalue weighted by Gasteiger charge is 2.32. The van der Waals surface area contributed by atoms with Crippen molar-refractivity contribution in [1.29, 1.82) is 0 Å². The lowest BCUT2D eigenvalue weighted by molar-refractivity contribution is -0.146. The summed E-state index contributed by atoms with van der Waals surface area (Å²) in [6, 6.07) is -0.627. The molecule has 0 spiro atoms. The molecule has 1 aliphatic rings. The minimum Gasteiger partial charge on any atom is -0.480 e. The lowest BCUT2D eigenvalue weighted by Crippen LogP contribution is -2.39. The van der Waals surface area contributed by atoms with Gasteiger partial charge in [-0.1, -0.05) is 5.57 Å². The van der Waals surface area contributed by atoms with E-state index in [4.69, 9.17) is 5.11 Å². The van der Waals surface area contributed by atoms with Crippen LogP contribution in [0.5, 0.6) is 0 Å². The minimum absolute atomic E-state index is 0.185. The average Bonchev–Trinajstić information content (AvgIpc) is 2.49. The number of hydrogen-bond acceptors (Lipinski definition) is 2. The predicted octanol–water partition coefficient (Wildman–Crippen LogP) is 1.03. The minimum atomic E-state index is -0.905. The number of carboxylic acid groups (broad SMARTS) is 1. The Bertz CT molecular complexity index is 279. The fourth-order valence-corrected chi connectivity index (χ4v) is 1.62. The molecule has 4 nitrogen and oxygen atoms in total. The van der Waals surface area contributed by atoms with E-state index in [-0.39, 0.29) is 5.91 Å². The summed E-state index contributed by atoms with van der Waals surface area (Å²) in [6.07, 6.45) is 2.83. The van der Waals surface area contributed by atoms with E-state index in [1.807, 2.05) is 13.8 Å². The number of carboxylic acids is 1. The van der Waals surface area contributed by atoms with Crippen molar-refractivity contribution in [3.8, 4) is 0 Å². The Morgan fingerprint density at radius 1 is 1.43 bits per heavy atom. The Hall–Kier alpha value is -1.32. The maximum atomic E-state index is 11.6. The second-order valence-corrected chi connectivity index (χ2v) is 3.75. The van der Waals surface area contributed by atoms with Crippen LogP contribution in [0.25, 0.3) is 0 Å². The van der Waals surface area contributed by atoms with Gasteiger partial charge in [-0.25, -0.2) is 4.79 Å². The van der Waals surface area contributed by atoms with E-state index >= 15 is 0 Å². The molecule has 0 bridgehead atoms. The van der Waals surface area contributed by atoms with Crippen molar-refractivity contribution in [2.75, 3.05) is 6.54 Å². The number of nitrogens with zero attached hydrogens (tertiary/aromatic N) is 1. The van der Waals surface area contributed by atoms with E-state index in [0.29, 0.717) is 13.0 Å². The SMILES string of the molecule is CC(C)=CC(=O)N1CCC[C@@H]1C(=O)O. The zero-order valence-electron chi connectivity index (χ0n) is 8.49. The molecule has 14 heavy (non-hydrogen) atoms. The molecule has 1 heterocycles. The standard InChI is InChI=1S/C10H15NO3/c1-7(2)6-9(12)11-5-3-4-8(11)10(13)14/h6,8H,3-5H2,1-2H3,(H,13,14)/t8-/m1/s1. The van der Waals surface area contributed by atoms with Gasteiger partial charge in [0, 0.05) is 12.6 Å². The molecular formula is C10H15NO3. The molecule has 1 amide bonds. The summed E-state index contributed by atoms with van der Waals surface area (Å²) in [5, 5.41) is 8.85. The molecule has 1 fully saturated rings. The topological polar surface area (TPSA) is 57.6 Å². The van der Waals surface area contributed by atoms with Crippen LogP contribution in [0, 0.1) is 0 Å². The molecule has 0 aromatic heterocycles. The number of hydrogen-bond donors (Lipinski definition) is 1. The number of rotatable bonds is 2. The van der Waals surface area contributed by atoms with Gasteiger partial charge in [0.1, 0.15) is 6.04 Å². The molecule has 1 rings (SSSR count). The fraction of sp³-hybridized carbons (Fsp3) is 0.600. The Kier molecular flexibility index (Phi) is 3.28. The molecule has 1 N–H and O–H groups in total. The quantitative estimate of drug-likeness (QED) is 0.672. The fourth-order valence-electron chi connectivity index (χ4n) is 1.62. The summed E-state index contributed by atoms with van der Waals surface area (Å²) in [6.45, 7) is 4.20. The highest BCUT2D eigenvalue weighted by Crippen LogP contribution is 2.18. The Morgan fingerprint density at radius 3 is 2.57 bits per heavy atom. The van der Waals surface area contributed by atoms with Crippen LogP contribution in [0.1, 0.15) is 26.7 Å². The van der Waals surface area contributed by atoms with Gasteiger partial charge in [-0.2, -0.15) is 0 Å². The van der Waals surface area contributed by atoms with E-state index in [2.05, 4.69) is 0 Å². The third-order valence-electron chi connectivity index (χ3n) is 2.23. The van der Waals surface area contributed by atoms with Crippen molar-refractivity contribution in [3.05, 3.63) is 11.6 Å². The van der Waals surface area contributed by atoms with Crippen molar-refractivity contribution < 1.29 is 14.7 Å². The zero-order chi connectivity index (χ0) is 10.7. The molecule has 1 saturated heterocycles. The number of aliphatic carboxylic acids is 1. The number of amides is 1. The largest absolute Gasteiger partial charge is 0.480 e. The normalized spacial score (nSPS) is 20.7. The summed E-state index contributed by atoms with van der Waals surface area (Å²) in [5.41, 5.74) is 0.894. The van der Waals surface area contributed by atoms with E-state index in [0.717, 1.165) is 12.0 Å². The highest BCUT2D eigenvalue weighted by molar-refractivity contribution is 5.92. The highest BCUT2D eigenvalue weighted by atomic mass is 16.4. The van der Waals surface area contributed by atoms with Gasteiger partial charge in [0.15, 0.2) is 0 Å². The van der Waals surface area contributed by atoms with E-state index in [9.17, 15) is 9.59 Å². The van der Waals surface area contributed by atoms with Crippen LogP contribution in [0.15, 0.2) is 11.6 Å². The molecule has 0 aromatic rings. The maximum Gasteiger partial charge on any atom is 0.326 e. The van der Waals surface area contributed by atoms with Crippen LogP contribution in [-0.4, -0.2) is 34.5 Å². The third kappa shape index (κ3) is 2.34. The number of carbonyl (C=O) groups is 2. The van der Waals surface area contributed by atoms with Crippen LogP contribution >= 0.6 is 0 Å². The van der Waals surface area contributed by atoms with Crippen LogP contribution in [0.4, 0.5) is 0 Å². The summed E-state index contributed by atoms with van der Waals surface area (Å²) >= 11 is 0. The van der Waals surface area contributed by atoms with E-state index < -0.39 is 12.0 Å². The average molecular weight is 197 g/mol. The maximum absolute atomic E-state index is 11.6. The lowest BCUT2D eigenvalue weighted by atomic mass is 10.2. The van der Waals surface area contributed by atoms with Crippen LogP contribution in [-0.2, 0) is 9.59 Å². The molecular weight excluding hydrogens is 182 g/mol. The molecule has 0 aliphatic carbocycles. The number of allylic oxidation sites excluding steroid dienone is 1. The zero-order valence-corrected chi connectivity index (χ0v) is 8.49. The van der Waals surface area contributed by atoms with Crippen molar-refractivity contribution in [2.45, 2.75) is 32.7 Å². The first-order chi connectivity index (χ1) is 6.52. The van der Waals surface area contributed by atoms with Gasteiger partial charge in [-0.3, -0.25) is 4.79 Å². The molecule has 0 radical (unpaired) electrons. The first-order valence-electron chi connectivity index (χ1n) is 4.70. The lowest BCUT2D eigenvalue weighted by Gasteiger charge is -2.19. The molecule has 78 valence electrons. The Labute approximate surface area is 83.2 Å². The molecule has 1 atom stereocenters. The van der Waals surface area contributed by atoms with Crippen molar-refractivity contribution in [2.24, 2.45) is 0 Å². The van der Waals surface area contributed by atoms with Crippen LogP contribution in [0.3, 0.4) is 0 Å². The second-order valence-electron chi connectivity index (χ2n) is 3.75. The van der Waals surface area contributed by atoms with E-state index in [1.165, 1.54) is 11.0 Å². The summed E-state index contributed by atoms with van der Waals surface area (Å²) in [4.78, 5) is 23.8. The van der Waals surface area contributed by atoms with Crippen molar-refractivity contribution >= 4 is 11.9 Å². The van der Waals surface area contributed by atoms with E-state index in [1.54, 1.807) is 0 Å². The smallest absolute Gasteiger partial charge is 0.326 e. The number of likely N-dealkylation sites (tertiary alicyclic amines) is 1. The first-order valence-corrected chi connectivity index (χ1v) is 4.70. The predicted molar refractivity (Wildman–Crippen MR) is 51.8 cm³/mol. The van der Waals surface area contributed by atoms with Gasteiger partial charge in [-0.05, 0) is 26.7 Å². The monoisotopic (exact) mass is 197 g/mol. The van der Waals surface area contributed by atoms with Gasteiger partial charge < -0.3 is 10.0 Å². The van der Waals surface area contributed by atoms with Gasteiger partial charge in [0.05, 0.1) is 0 Å². The van der Waals surface area contributed by atoms with Crippen LogP contribution in [0.2, 0.25) is 0 Å². The van der Waals surface area contributed by atoms with Gasteiger partial charge >= 0.3 is 5.97 Å². The van der Waals surface area contributed by atoms with Crippen molar-refractivity contribution in [1.82, 2.24) is 4.90 Å². The third-order valence-corrected chi connectivity index (χ3v) is 2.23. The van der Waals surface area contributed by atoms with Gasteiger partial charge in [0.2, 0.25) is 5.91 Å². The Morgan fingerprint density at radius 2 is 2.07 bits per heavy atom. The molecule has 0 saturated carbocycles. The molecule has 1 aliphatic heterocycles. The first kappa shape index (κ1) is 10.8. The summed E-state index contributed by atoms with van der Waals surface area (Å²) in [7, 11) is 0. The Balaban J connectivity index is 2.72. The molecule has 0 unspecified atom stereocenters. The van der Waals surface area contributed by atoms with Gasteiger partial charge in [-0.15, -0.1) is 0 Å². The second kappa shape index (κ2) is 4.26. The molecule has 4 heteroatoms. The van der Waals surface area contributed by atoms with Gasteiger partial charge in [0.25, 0.3) is 0 Å². The summed E-state index contributed by atoms with van der Waals surface area (Å²) < 4.78 is 0. The van der Waals surface area contributed by atoms with Crippen LogP contribution < -0.4 is 0 Å². The van der Waals surface area contributed by atoms with Crippen molar-refractivity contribution in [3.63, 3.8) is 0 Å².